The van der Waals surface area contributed by atoms with E-state index in [2.05, 4.69) is 30.5 Å². The first-order valence-electron chi connectivity index (χ1n) is 8.33. The first-order valence-corrected chi connectivity index (χ1v) is 8.33. The molecule has 2 aromatic heterocycles. The summed E-state index contributed by atoms with van der Waals surface area (Å²) >= 11 is 0. The van der Waals surface area contributed by atoms with Gasteiger partial charge in [0.05, 0.1) is 0 Å². The lowest BCUT2D eigenvalue weighted by molar-refractivity contribution is 0.0713. The lowest BCUT2D eigenvalue weighted by Gasteiger charge is -2.37. The third-order valence-corrected chi connectivity index (χ3v) is 4.78. The zero-order valence-electron chi connectivity index (χ0n) is 14.0. The number of carbonyl (C=O) groups is 1. The van der Waals surface area contributed by atoms with Crippen LogP contribution < -0.4 is 4.90 Å². The zero-order chi connectivity index (χ0) is 17.2. The fraction of sp³-hybridized carbons (Fsp3) is 0.353. The lowest BCUT2D eigenvalue weighted by Crippen LogP contribution is -2.45. The van der Waals surface area contributed by atoms with Crippen LogP contribution in [0.2, 0.25) is 0 Å². The highest BCUT2D eigenvalue weighted by molar-refractivity contribution is 5.97. The number of benzene rings is 1. The number of aromatic nitrogens is 5. The Hall–Kier alpha value is -3.03. The van der Waals surface area contributed by atoms with Crippen molar-refractivity contribution in [1.82, 2.24) is 30.5 Å². The molecular formula is C17H19N7O. The molecule has 1 N–H and O–H groups in total. The number of likely N-dealkylation sites (tertiary alicyclic amines) is 1. The van der Waals surface area contributed by atoms with Gasteiger partial charge in [-0.2, -0.15) is 20.5 Å². The molecule has 0 saturated carbocycles. The molecule has 8 heteroatoms. The average Bonchev–Trinajstić information content (AvgIpc) is 3.15. The van der Waals surface area contributed by atoms with Gasteiger partial charge in [-0.3, -0.25) is 4.79 Å². The van der Waals surface area contributed by atoms with Crippen LogP contribution in [0, 0.1) is 0 Å². The van der Waals surface area contributed by atoms with Gasteiger partial charge < -0.3 is 9.80 Å². The minimum Gasteiger partial charge on any atom is -0.355 e. The fourth-order valence-corrected chi connectivity index (χ4v) is 3.28. The Morgan fingerprint density at radius 1 is 1.20 bits per heavy atom. The first kappa shape index (κ1) is 15.5. The number of anilines is 1. The van der Waals surface area contributed by atoms with Crippen LogP contribution in [-0.4, -0.2) is 62.6 Å². The van der Waals surface area contributed by atoms with Gasteiger partial charge in [0.2, 0.25) is 0 Å². The molecule has 0 radical (unpaired) electrons. The third kappa shape index (κ3) is 3.02. The van der Waals surface area contributed by atoms with E-state index in [0.717, 1.165) is 37.3 Å². The number of hydrogen-bond donors (Lipinski definition) is 1. The van der Waals surface area contributed by atoms with Gasteiger partial charge in [-0.05, 0) is 43.2 Å². The van der Waals surface area contributed by atoms with Crippen LogP contribution in [0.15, 0.2) is 36.5 Å². The summed E-state index contributed by atoms with van der Waals surface area (Å²) in [6.45, 7) is 1.45. The van der Waals surface area contributed by atoms with Crippen LogP contribution in [-0.2, 0) is 0 Å². The highest BCUT2D eigenvalue weighted by Gasteiger charge is 2.26. The summed E-state index contributed by atoms with van der Waals surface area (Å²) in [4.78, 5) is 16.8. The largest absolute Gasteiger partial charge is 0.355 e. The summed E-state index contributed by atoms with van der Waals surface area (Å²) in [5.41, 5.74) is 2.13. The van der Waals surface area contributed by atoms with Gasteiger partial charge in [0.15, 0.2) is 5.82 Å². The zero-order valence-corrected chi connectivity index (χ0v) is 14.0. The van der Waals surface area contributed by atoms with E-state index >= 15 is 0 Å². The number of rotatable bonds is 3. The lowest BCUT2D eigenvalue weighted by atomic mass is 10.0. The van der Waals surface area contributed by atoms with Crippen LogP contribution in [0.4, 0.5) is 5.82 Å². The molecule has 8 nitrogen and oxygen atoms in total. The van der Waals surface area contributed by atoms with Gasteiger partial charge in [-0.25, -0.2) is 0 Å². The Morgan fingerprint density at radius 3 is 2.76 bits per heavy atom. The number of H-pyrrole nitrogens is 1. The topological polar surface area (TPSA) is 90.9 Å². The summed E-state index contributed by atoms with van der Waals surface area (Å²) < 4.78 is 0. The summed E-state index contributed by atoms with van der Waals surface area (Å²) in [6, 6.07) is 9.62. The molecule has 4 rings (SSSR count). The Morgan fingerprint density at radius 2 is 2.00 bits per heavy atom. The molecule has 25 heavy (non-hydrogen) atoms. The standard InChI is InChI=1S/C17H19N7O/c1-23(16-3-2-8-18-21-16)13-6-9-24(10-7-13)17(25)12-4-5-14-15(11-12)20-22-19-14/h2-5,8,11,13H,6-7,9-10H2,1H3,(H,19,20,22). The molecule has 128 valence electrons. The molecule has 0 spiro atoms. The van der Waals surface area contributed by atoms with Gasteiger partial charge in [-0.1, -0.05) is 0 Å². The van der Waals surface area contributed by atoms with E-state index in [1.807, 2.05) is 36.2 Å². The molecule has 1 aliphatic heterocycles. The van der Waals surface area contributed by atoms with Crippen molar-refractivity contribution >= 4 is 22.8 Å². The smallest absolute Gasteiger partial charge is 0.253 e. The van der Waals surface area contributed by atoms with Crippen LogP contribution in [0.3, 0.4) is 0 Å². The highest BCUT2D eigenvalue weighted by Crippen LogP contribution is 2.21. The second-order valence-corrected chi connectivity index (χ2v) is 6.24. The van der Waals surface area contributed by atoms with Crippen LogP contribution >= 0.6 is 0 Å². The van der Waals surface area contributed by atoms with Crippen molar-refractivity contribution in [3.63, 3.8) is 0 Å². The normalized spacial score (nSPS) is 15.5. The number of fused-ring (bicyclic) bond motifs is 1. The highest BCUT2D eigenvalue weighted by atomic mass is 16.2. The Kier molecular flexibility index (Phi) is 4.01. The van der Waals surface area contributed by atoms with Gasteiger partial charge in [0, 0.05) is 37.9 Å². The van der Waals surface area contributed by atoms with Gasteiger partial charge >= 0.3 is 0 Å². The number of aromatic amines is 1. The molecule has 0 unspecified atom stereocenters. The molecule has 0 bridgehead atoms. The monoisotopic (exact) mass is 337 g/mol. The van der Waals surface area contributed by atoms with Crippen molar-refractivity contribution in [3.8, 4) is 0 Å². The van der Waals surface area contributed by atoms with Gasteiger partial charge in [0.25, 0.3) is 5.91 Å². The fourth-order valence-electron chi connectivity index (χ4n) is 3.28. The summed E-state index contributed by atoms with van der Waals surface area (Å²) in [5, 5.41) is 18.7. The average molecular weight is 337 g/mol. The minimum absolute atomic E-state index is 0.0468. The maximum Gasteiger partial charge on any atom is 0.253 e. The summed E-state index contributed by atoms with van der Waals surface area (Å²) in [6.07, 6.45) is 3.49. The summed E-state index contributed by atoms with van der Waals surface area (Å²) in [7, 11) is 2.03. The van der Waals surface area contributed by atoms with Crippen molar-refractivity contribution in [2.45, 2.75) is 18.9 Å². The van der Waals surface area contributed by atoms with Crippen LogP contribution in [0.25, 0.3) is 11.0 Å². The van der Waals surface area contributed by atoms with E-state index in [1.165, 1.54) is 0 Å². The van der Waals surface area contributed by atoms with E-state index in [-0.39, 0.29) is 5.91 Å². The van der Waals surface area contributed by atoms with E-state index < -0.39 is 0 Å². The minimum atomic E-state index is 0.0468. The number of nitrogens with zero attached hydrogens (tertiary/aromatic N) is 6. The number of piperidine rings is 1. The molecule has 3 heterocycles. The Labute approximate surface area is 144 Å². The molecule has 1 amide bonds. The molecule has 0 atom stereocenters. The molecule has 0 aliphatic carbocycles. The SMILES string of the molecule is CN(c1cccnn1)C1CCN(C(=O)c2ccc3n[nH]nc3c2)CC1. The predicted octanol–water partition coefficient (Wildman–Crippen LogP) is 1.49. The van der Waals surface area contributed by atoms with Crippen molar-refractivity contribution in [2.24, 2.45) is 0 Å². The molecule has 1 aliphatic rings. The van der Waals surface area contributed by atoms with Crippen molar-refractivity contribution in [3.05, 3.63) is 42.1 Å². The Bertz CT molecular complexity index is 871. The number of nitrogens with one attached hydrogen (secondary N) is 1. The number of hydrogen-bond acceptors (Lipinski definition) is 6. The van der Waals surface area contributed by atoms with Crippen molar-refractivity contribution < 1.29 is 4.79 Å². The second-order valence-electron chi connectivity index (χ2n) is 6.24. The molecule has 3 aromatic rings. The first-order chi connectivity index (χ1) is 12.2. The Balaban J connectivity index is 1.42. The van der Waals surface area contributed by atoms with E-state index in [0.29, 0.717) is 17.1 Å². The van der Waals surface area contributed by atoms with Gasteiger partial charge in [-0.15, -0.1) is 5.10 Å². The number of carbonyl (C=O) groups excluding carboxylic acids is 1. The summed E-state index contributed by atoms with van der Waals surface area (Å²) in [5.74, 6) is 0.911. The van der Waals surface area contributed by atoms with Crippen LogP contribution in [0.1, 0.15) is 23.2 Å². The molecule has 1 saturated heterocycles. The maximum atomic E-state index is 12.7. The maximum absolute atomic E-state index is 12.7. The van der Waals surface area contributed by atoms with E-state index in [4.69, 9.17) is 0 Å². The third-order valence-electron chi connectivity index (χ3n) is 4.78. The van der Waals surface area contributed by atoms with E-state index in [9.17, 15) is 4.79 Å². The van der Waals surface area contributed by atoms with E-state index in [1.54, 1.807) is 12.3 Å². The second kappa shape index (κ2) is 6.46. The van der Waals surface area contributed by atoms with Crippen molar-refractivity contribution in [1.29, 1.82) is 0 Å². The molecule has 1 fully saturated rings. The van der Waals surface area contributed by atoms with Crippen molar-refractivity contribution in [2.75, 3.05) is 25.0 Å². The number of amides is 1. The molecule has 1 aromatic carbocycles. The quantitative estimate of drug-likeness (QED) is 0.779. The van der Waals surface area contributed by atoms with Crippen LogP contribution in [0.5, 0.6) is 0 Å². The molecular weight excluding hydrogens is 318 g/mol. The van der Waals surface area contributed by atoms with Gasteiger partial charge in [0.1, 0.15) is 11.0 Å². The predicted molar refractivity (Wildman–Crippen MR) is 93.2 cm³/mol.